The van der Waals surface area contributed by atoms with E-state index in [9.17, 15) is 0 Å². The molecule has 1 aliphatic carbocycles. The molecule has 2 N–H and O–H groups in total. The first-order valence-electron chi connectivity index (χ1n) is 7.76. The van der Waals surface area contributed by atoms with Gasteiger partial charge in [-0.05, 0) is 31.1 Å². The molecule has 0 saturated heterocycles. The summed E-state index contributed by atoms with van der Waals surface area (Å²) in [6.45, 7) is 4.69. The Morgan fingerprint density at radius 1 is 1.45 bits per heavy atom. The van der Waals surface area contributed by atoms with Gasteiger partial charge in [-0.2, -0.15) is 0 Å². The largest absolute Gasteiger partial charge is 0.325 e. The van der Waals surface area contributed by atoms with Gasteiger partial charge in [0.2, 0.25) is 0 Å². The van der Waals surface area contributed by atoms with E-state index in [4.69, 9.17) is 10.7 Å². The third kappa shape index (κ3) is 2.91. The Morgan fingerprint density at radius 2 is 2.30 bits per heavy atom. The van der Waals surface area contributed by atoms with Crippen molar-refractivity contribution in [3.8, 4) is 0 Å². The molecule has 2 unspecified atom stereocenters. The van der Waals surface area contributed by atoms with Gasteiger partial charge in [0.25, 0.3) is 0 Å². The van der Waals surface area contributed by atoms with Crippen LogP contribution in [-0.2, 0) is 6.42 Å². The lowest BCUT2D eigenvalue weighted by Crippen LogP contribution is -2.41. The second-order valence-electron chi connectivity index (χ2n) is 6.80. The van der Waals surface area contributed by atoms with E-state index < -0.39 is 0 Å². The lowest BCUT2D eigenvalue weighted by Gasteiger charge is -2.27. The fourth-order valence-corrected chi connectivity index (χ4v) is 4.24. The van der Waals surface area contributed by atoms with Gasteiger partial charge in [0, 0.05) is 29.7 Å². The summed E-state index contributed by atoms with van der Waals surface area (Å²) in [6, 6.07) is 0. The molecule has 0 radical (unpaired) electrons. The standard InChI is InChI=1S/C16H25N3S/c1-12(2)13-4-3-6-16(17,7-5-13)10-14-11-19-8-9-20-15(19)18-14/h8-9,11-13H,3-7,10,17H2,1-2H3. The van der Waals surface area contributed by atoms with E-state index in [2.05, 4.69) is 36.0 Å². The zero-order chi connectivity index (χ0) is 14.2. The van der Waals surface area contributed by atoms with Crippen LogP contribution in [0.4, 0.5) is 0 Å². The first-order valence-corrected chi connectivity index (χ1v) is 8.64. The highest BCUT2D eigenvalue weighted by atomic mass is 32.1. The van der Waals surface area contributed by atoms with Crippen molar-refractivity contribution >= 4 is 16.3 Å². The number of imidazole rings is 1. The maximum Gasteiger partial charge on any atom is 0.193 e. The minimum Gasteiger partial charge on any atom is -0.325 e. The highest BCUT2D eigenvalue weighted by molar-refractivity contribution is 7.15. The monoisotopic (exact) mass is 291 g/mol. The molecule has 0 spiro atoms. The third-order valence-corrected chi connectivity index (χ3v) is 5.65. The van der Waals surface area contributed by atoms with Crippen molar-refractivity contribution in [1.29, 1.82) is 0 Å². The van der Waals surface area contributed by atoms with E-state index in [1.807, 2.05) is 0 Å². The van der Waals surface area contributed by atoms with E-state index in [0.29, 0.717) is 0 Å². The maximum absolute atomic E-state index is 6.70. The van der Waals surface area contributed by atoms with Crippen LogP contribution in [0.1, 0.15) is 51.6 Å². The second kappa shape index (κ2) is 5.49. The second-order valence-corrected chi connectivity index (χ2v) is 7.67. The van der Waals surface area contributed by atoms with Crippen molar-refractivity contribution in [1.82, 2.24) is 9.38 Å². The molecule has 2 aromatic rings. The van der Waals surface area contributed by atoms with Crippen molar-refractivity contribution in [2.75, 3.05) is 0 Å². The molecular formula is C16H25N3S. The molecule has 2 heterocycles. The Bertz CT molecular complexity index is 543. The molecule has 0 bridgehead atoms. The molecule has 20 heavy (non-hydrogen) atoms. The van der Waals surface area contributed by atoms with Gasteiger partial charge < -0.3 is 5.73 Å². The van der Waals surface area contributed by atoms with Crippen LogP contribution in [-0.4, -0.2) is 14.9 Å². The molecule has 3 rings (SSSR count). The Labute approximate surface area is 125 Å². The quantitative estimate of drug-likeness (QED) is 0.872. The number of rotatable bonds is 3. The minimum absolute atomic E-state index is 0.0479. The first-order chi connectivity index (χ1) is 9.56. The molecule has 1 saturated carbocycles. The van der Waals surface area contributed by atoms with Crippen molar-refractivity contribution < 1.29 is 0 Å². The fourth-order valence-electron chi connectivity index (χ4n) is 3.52. The molecule has 2 atom stereocenters. The SMILES string of the molecule is CC(C)C1CCCC(N)(Cc2cn3ccsc3n2)CC1. The average Bonchev–Trinajstić information content (AvgIpc) is 2.87. The molecule has 0 aromatic carbocycles. The number of nitrogens with two attached hydrogens (primary N) is 1. The van der Waals surface area contributed by atoms with Crippen LogP contribution in [0.5, 0.6) is 0 Å². The van der Waals surface area contributed by atoms with Crippen molar-refractivity contribution in [3.63, 3.8) is 0 Å². The summed E-state index contributed by atoms with van der Waals surface area (Å²) in [4.78, 5) is 5.78. The summed E-state index contributed by atoms with van der Waals surface area (Å²) >= 11 is 1.69. The number of hydrogen-bond acceptors (Lipinski definition) is 3. The van der Waals surface area contributed by atoms with Crippen LogP contribution in [0.15, 0.2) is 17.8 Å². The lowest BCUT2D eigenvalue weighted by molar-refractivity contribution is 0.321. The number of nitrogens with zero attached hydrogens (tertiary/aromatic N) is 2. The number of fused-ring (bicyclic) bond motifs is 1. The van der Waals surface area contributed by atoms with Gasteiger partial charge in [-0.25, -0.2) is 4.98 Å². The van der Waals surface area contributed by atoms with Gasteiger partial charge in [-0.1, -0.05) is 26.7 Å². The minimum atomic E-state index is -0.0479. The molecule has 2 aromatic heterocycles. The molecule has 110 valence electrons. The van der Waals surface area contributed by atoms with Crippen LogP contribution in [0.3, 0.4) is 0 Å². The normalized spacial score (nSPS) is 28.1. The zero-order valence-electron chi connectivity index (χ0n) is 12.5. The Hall–Kier alpha value is -0.870. The maximum atomic E-state index is 6.70. The van der Waals surface area contributed by atoms with Gasteiger partial charge in [-0.3, -0.25) is 4.40 Å². The van der Waals surface area contributed by atoms with Crippen molar-refractivity contribution in [2.24, 2.45) is 17.6 Å². The highest BCUT2D eigenvalue weighted by Crippen LogP contribution is 2.34. The summed E-state index contributed by atoms with van der Waals surface area (Å²) < 4.78 is 2.11. The van der Waals surface area contributed by atoms with Crippen molar-refractivity contribution in [3.05, 3.63) is 23.5 Å². The van der Waals surface area contributed by atoms with E-state index in [0.717, 1.165) is 41.8 Å². The molecule has 1 aliphatic rings. The Balaban J connectivity index is 1.70. The summed E-state index contributed by atoms with van der Waals surface area (Å²) in [6.07, 6.45) is 11.3. The first kappa shape index (κ1) is 14.1. The summed E-state index contributed by atoms with van der Waals surface area (Å²) in [7, 11) is 0. The summed E-state index contributed by atoms with van der Waals surface area (Å²) in [5, 5.41) is 2.07. The van der Waals surface area contributed by atoms with Crippen molar-refractivity contribution in [2.45, 2.75) is 57.9 Å². The smallest absolute Gasteiger partial charge is 0.193 e. The average molecular weight is 291 g/mol. The fraction of sp³-hybridized carbons (Fsp3) is 0.688. The van der Waals surface area contributed by atoms with E-state index >= 15 is 0 Å². The number of hydrogen-bond donors (Lipinski definition) is 1. The topological polar surface area (TPSA) is 43.3 Å². The molecule has 1 fully saturated rings. The summed E-state index contributed by atoms with van der Waals surface area (Å²) in [5.74, 6) is 1.64. The number of thiazole rings is 1. The molecule has 0 aliphatic heterocycles. The zero-order valence-corrected chi connectivity index (χ0v) is 13.3. The Morgan fingerprint density at radius 3 is 3.05 bits per heavy atom. The molecule has 0 amide bonds. The van der Waals surface area contributed by atoms with E-state index in [-0.39, 0.29) is 5.54 Å². The molecule has 3 nitrogen and oxygen atoms in total. The predicted molar refractivity (Wildman–Crippen MR) is 85.1 cm³/mol. The third-order valence-electron chi connectivity index (χ3n) is 4.88. The highest BCUT2D eigenvalue weighted by Gasteiger charge is 2.31. The number of aromatic nitrogens is 2. The Kier molecular flexibility index (Phi) is 3.87. The van der Waals surface area contributed by atoms with Crippen LogP contribution in [0, 0.1) is 11.8 Å². The van der Waals surface area contributed by atoms with Crippen LogP contribution < -0.4 is 5.73 Å². The summed E-state index contributed by atoms with van der Waals surface area (Å²) in [5.41, 5.74) is 7.81. The molecular weight excluding hydrogens is 266 g/mol. The van der Waals surface area contributed by atoms with Gasteiger partial charge >= 0.3 is 0 Å². The lowest BCUT2D eigenvalue weighted by atomic mass is 9.85. The van der Waals surface area contributed by atoms with Gasteiger partial charge in [0.15, 0.2) is 4.96 Å². The van der Waals surface area contributed by atoms with Gasteiger partial charge in [0.05, 0.1) is 5.69 Å². The van der Waals surface area contributed by atoms with E-state index in [1.54, 1.807) is 11.3 Å². The van der Waals surface area contributed by atoms with Gasteiger partial charge in [-0.15, -0.1) is 11.3 Å². The predicted octanol–water partition coefficient (Wildman–Crippen LogP) is 3.87. The van der Waals surface area contributed by atoms with E-state index in [1.165, 1.54) is 19.3 Å². The van der Waals surface area contributed by atoms with Crippen LogP contribution in [0.2, 0.25) is 0 Å². The molecule has 4 heteroatoms. The van der Waals surface area contributed by atoms with Crippen LogP contribution in [0.25, 0.3) is 4.96 Å². The van der Waals surface area contributed by atoms with Crippen LogP contribution >= 0.6 is 11.3 Å². The van der Waals surface area contributed by atoms with Gasteiger partial charge in [0.1, 0.15) is 0 Å².